The maximum absolute atomic E-state index is 13.1. The Hall–Kier alpha value is -1.63. The highest BCUT2D eigenvalue weighted by molar-refractivity contribution is 5.73. The van der Waals surface area contributed by atoms with Gasteiger partial charge in [-0.2, -0.15) is 13.2 Å². The third kappa shape index (κ3) is 3.69. The van der Waals surface area contributed by atoms with Gasteiger partial charge < -0.3 is 10.4 Å². The predicted molar refractivity (Wildman–Crippen MR) is 55.0 cm³/mol. The van der Waals surface area contributed by atoms with Gasteiger partial charge in [0.2, 0.25) is 5.91 Å². The Bertz CT molecular complexity index is 445. The summed E-state index contributed by atoms with van der Waals surface area (Å²) >= 11 is 0. The van der Waals surface area contributed by atoms with E-state index in [1.165, 1.54) is 0 Å². The largest absolute Gasteiger partial charge is 0.416 e. The molecule has 1 aromatic rings. The van der Waals surface area contributed by atoms with Crippen LogP contribution in [0.2, 0.25) is 0 Å². The summed E-state index contributed by atoms with van der Waals surface area (Å²) in [6, 6.07) is 0.816. The van der Waals surface area contributed by atoms with Crippen LogP contribution in [0.5, 0.6) is 0 Å². The number of carbonyl (C=O) groups is 1. The van der Waals surface area contributed by atoms with Crippen LogP contribution in [0.25, 0.3) is 0 Å². The summed E-state index contributed by atoms with van der Waals surface area (Å²) in [5, 5.41) is 11.2. The number of halogens is 4. The summed E-state index contributed by atoms with van der Waals surface area (Å²) in [4.78, 5) is 10.8. The normalized spacial score (nSPS) is 13.2. The maximum Gasteiger partial charge on any atom is 0.416 e. The second-order valence-corrected chi connectivity index (χ2v) is 3.71. The number of amides is 1. The Morgan fingerprint density at radius 3 is 2.44 bits per heavy atom. The first-order valence-electron chi connectivity index (χ1n) is 4.99. The molecule has 7 heteroatoms. The van der Waals surface area contributed by atoms with Gasteiger partial charge in [0.05, 0.1) is 18.2 Å². The molecule has 1 unspecified atom stereocenters. The number of aliphatic hydroxyl groups excluding tert-OH is 1. The van der Waals surface area contributed by atoms with Crippen LogP contribution in [0, 0.1) is 5.82 Å². The van der Waals surface area contributed by atoms with Crippen molar-refractivity contribution in [3.8, 4) is 0 Å². The van der Waals surface area contributed by atoms with E-state index in [0.717, 1.165) is 13.0 Å². The third-order valence-electron chi connectivity index (χ3n) is 2.21. The number of alkyl halides is 3. The van der Waals surface area contributed by atoms with Crippen LogP contribution in [0.3, 0.4) is 0 Å². The minimum atomic E-state index is -4.69. The Balaban J connectivity index is 3.15. The number of aliphatic hydroxyl groups is 1. The molecular weight excluding hydrogens is 254 g/mol. The van der Waals surface area contributed by atoms with Crippen molar-refractivity contribution >= 4 is 5.91 Å². The van der Waals surface area contributed by atoms with Gasteiger partial charge in [-0.05, 0) is 23.8 Å². The van der Waals surface area contributed by atoms with E-state index in [1.807, 2.05) is 0 Å². The van der Waals surface area contributed by atoms with Gasteiger partial charge in [0.15, 0.2) is 0 Å². The van der Waals surface area contributed by atoms with Gasteiger partial charge in [-0.1, -0.05) is 0 Å². The number of hydrogen-bond acceptors (Lipinski definition) is 2. The highest BCUT2D eigenvalue weighted by Gasteiger charge is 2.32. The lowest BCUT2D eigenvalue weighted by molar-refractivity contribution is -0.137. The molecule has 0 fully saturated rings. The number of carbonyl (C=O) groups excluding carboxylic acids is 1. The molecule has 1 rings (SSSR count). The molecule has 0 spiro atoms. The first-order chi connectivity index (χ1) is 8.24. The second kappa shape index (κ2) is 5.34. The Labute approximate surface area is 100 Å². The molecule has 1 aromatic carbocycles. The summed E-state index contributed by atoms with van der Waals surface area (Å²) < 4.78 is 50.5. The number of nitrogens with one attached hydrogen (secondary N) is 1. The number of benzene rings is 1. The average molecular weight is 265 g/mol. The molecule has 0 aliphatic rings. The topological polar surface area (TPSA) is 49.3 Å². The molecule has 100 valence electrons. The molecule has 1 amide bonds. The van der Waals surface area contributed by atoms with E-state index in [2.05, 4.69) is 5.32 Å². The van der Waals surface area contributed by atoms with Gasteiger partial charge >= 0.3 is 6.18 Å². The van der Waals surface area contributed by atoms with E-state index in [-0.39, 0.29) is 5.56 Å². The summed E-state index contributed by atoms with van der Waals surface area (Å²) in [5.74, 6) is -1.62. The summed E-state index contributed by atoms with van der Waals surface area (Å²) in [6.07, 6.45) is -4.69. The van der Waals surface area contributed by atoms with Crippen molar-refractivity contribution in [3.05, 3.63) is 35.1 Å². The second-order valence-electron chi connectivity index (χ2n) is 3.71. The van der Waals surface area contributed by atoms with Crippen LogP contribution < -0.4 is 5.32 Å². The Morgan fingerprint density at radius 2 is 2.00 bits per heavy atom. The zero-order valence-electron chi connectivity index (χ0n) is 9.38. The van der Waals surface area contributed by atoms with E-state index in [4.69, 9.17) is 5.11 Å². The number of rotatable bonds is 3. The third-order valence-corrected chi connectivity index (χ3v) is 2.21. The van der Waals surface area contributed by atoms with E-state index in [0.29, 0.717) is 12.1 Å². The summed E-state index contributed by atoms with van der Waals surface area (Å²) in [5.41, 5.74) is -1.30. The van der Waals surface area contributed by atoms with Crippen molar-refractivity contribution in [2.24, 2.45) is 0 Å². The molecule has 1 atom stereocenters. The van der Waals surface area contributed by atoms with Gasteiger partial charge in [0.1, 0.15) is 5.82 Å². The van der Waals surface area contributed by atoms with E-state index >= 15 is 0 Å². The van der Waals surface area contributed by atoms with Crippen molar-refractivity contribution < 1.29 is 27.5 Å². The lowest BCUT2D eigenvalue weighted by atomic mass is 10.0. The predicted octanol–water partition coefficient (Wildman–Crippen LogP) is 2.01. The average Bonchev–Trinajstić information content (AvgIpc) is 2.23. The molecule has 3 nitrogen and oxygen atoms in total. The Morgan fingerprint density at radius 1 is 1.39 bits per heavy atom. The fourth-order valence-electron chi connectivity index (χ4n) is 1.46. The Kier molecular flexibility index (Phi) is 4.28. The van der Waals surface area contributed by atoms with Crippen molar-refractivity contribution in [2.45, 2.75) is 19.1 Å². The fraction of sp³-hybridized carbons (Fsp3) is 0.364. The molecule has 0 aliphatic carbocycles. The molecule has 0 radical (unpaired) electrons. The lowest BCUT2D eigenvalue weighted by Crippen LogP contribution is -2.29. The zero-order valence-corrected chi connectivity index (χ0v) is 9.38. The first kappa shape index (κ1) is 14.4. The van der Waals surface area contributed by atoms with Crippen LogP contribution >= 0.6 is 0 Å². The van der Waals surface area contributed by atoms with Gasteiger partial charge in [-0.25, -0.2) is 4.39 Å². The monoisotopic (exact) mass is 265 g/mol. The quantitative estimate of drug-likeness (QED) is 0.821. The van der Waals surface area contributed by atoms with E-state index in [1.54, 1.807) is 0 Å². The van der Waals surface area contributed by atoms with Crippen molar-refractivity contribution in [1.29, 1.82) is 0 Å². The van der Waals surface area contributed by atoms with Crippen LogP contribution in [0.15, 0.2) is 18.2 Å². The molecule has 18 heavy (non-hydrogen) atoms. The molecule has 0 saturated carbocycles. The summed E-state index contributed by atoms with van der Waals surface area (Å²) in [7, 11) is 0. The minimum Gasteiger partial charge on any atom is -0.394 e. The van der Waals surface area contributed by atoms with E-state index < -0.39 is 36.1 Å². The molecule has 0 aromatic heterocycles. The zero-order chi connectivity index (χ0) is 13.9. The minimum absolute atomic E-state index is 0.139. The van der Waals surface area contributed by atoms with Crippen LogP contribution in [-0.2, 0) is 11.0 Å². The maximum atomic E-state index is 13.1. The van der Waals surface area contributed by atoms with Gasteiger partial charge in [0, 0.05) is 6.92 Å². The van der Waals surface area contributed by atoms with Crippen LogP contribution in [-0.4, -0.2) is 17.6 Å². The van der Waals surface area contributed by atoms with Crippen LogP contribution in [0.4, 0.5) is 17.6 Å². The highest BCUT2D eigenvalue weighted by atomic mass is 19.4. The number of hydrogen-bond donors (Lipinski definition) is 2. The smallest absolute Gasteiger partial charge is 0.394 e. The standard InChI is InChI=1S/C11H11F4NO2/c1-6(18)16-10(5-17)7-2-8(11(13,14)15)4-9(12)3-7/h2-4,10,17H,5H2,1H3,(H,16,18). The molecule has 0 saturated heterocycles. The van der Waals surface area contributed by atoms with Gasteiger partial charge in [0.25, 0.3) is 0 Å². The molecule has 0 bridgehead atoms. The molecular formula is C11H11F4NO2. The first-order valence-corrected chi connectivity index (χ1v) is 4.99. The highest BCUT2D eigenvalue weighted by Crippen LogP contribution is 2.31. The van der Waals surface area contributed by atoms with Crippen molar-refractivity contribution in [2.75, 3.05) is 6.61 Å². The summed E-state index contributed by atoms with van der Waals surface area (Å²) in [6.45, 7) is 0.521. The van der Waals surface area contributed by atoms with Crippen molar-refractivity contribution in [1.82, 2.24) is 5.32 Å². The molecule has 0 aliphatic heterocycles. The van der Waals surface area contributed by atoms with Gasteiger partial charge in [-0.15, -0.1) is 0 Å². The van der Waals surface area contributed by atoms with E-state index in [9.17, 15) is 22.4 Å². The fourth-order valence-corrected chi connectivity index (χ4v) is 1.46. The van der Waals surface area contributed by atoms with Crippen molar-refractivity contribution in [3.63, 3.8) is 0 Å². The molecule has 0 heterocycles. The lowest BCUT2D eigenvalue weighted by Gasteiger charge is -2.17. The van der Waals surface area contributed by atoms with Gasteiger partial charge in [-0.3, -0.25) is 4.79 Å². The SMILES string of the molecule is CC(=O)NC(CO)c1cc(F)cc(C(F)(F)F)c1. The van der Waals surface area contributed by atoms with Crippen LogP contribution in [0.1, 0.15) is 24.1 Å². The molecule has 2 N–H and O–H groups in total.